The molecule has 2 aliphatic rings. The highest BCUT2D eigenvalue weighted by atomic mass is 35.5. The standard InChI is InChI=1S/C23H23ClFN3O3S2/c24-19-12-22(33(29,30)27-23-26-8-9-32-23)20(25)13-21(19)31-18-10-16-6-7-17(11-18)28(16)14-15-4-2-1-3-5-15/h1-5,8-9,12-13,16-18H,6-7,10-11,14H2,(H,26,27)/t16-,17?,18?/m0/s1. The van der Waals surface area contributed by atoms with Gasteiger partial charge in [0.2, 0.25) is 0 Å². The predicted molar refractivity (Wildman–Crippen MR) is 127 cm³/mol. The number of hydrogen-bond acceptors (Lipinski definition) is 6. The van der Waals surface area contributed by atoms with Crippen LogP contribution >= 0.6 is 22.9 Å². The van der Waals surface area contributed by atoms with Crippen molar-refractivity contribution in [1.82, 2.24) is 9.88 Å². The average Bonchev–Trinajstić information content (AvgIpc) is 3.36. The summed E-state index contributed by atoms with van der Waals surface area (Å²) in [5.74, 6) is -0.744. The molecule has 5 rings (SSSR count). The number of anilines is 1. The van der Waals surface area contributed by atoms with E-state index in [0.29, 0.717) is 12.1 Å². The summed E-state index contributed by atoms with van der Waals surface area (Å²) in [7, 11) is -4.15. The number of thiazole rings is 1. The molecule has 3 heterocycles. The fourth-order valence-corrected chi connectivity index (χ4v) is 6.95. The molecule has 1 N–H and O–H groups in total. The summed E-state index contributed by atoms with van der Waals surface area (Å²) < 4.78 is 48.3. The molecule has 3 aromatic rings. The number of nitrogens with zero attached hydrogens (tertiary/aromatic N) is 2. The SMILES string of the molecule is O=S(=O)(Nc1nccs1)c1cc(Cl)c(OC2CC3CC[C@@H](C2)N3Cc2ccccc2)cc1F. The molecule has 6 nitrogen and oxygen atoms in total. The van der Waals surface area contributed by atoms with Crippen LogP contribution in [0.3, 0.4) is 0 Å². The van der Waals surface area contributed by atoms with E-state index in [-0.39, 0.29) is 22.0 Å². The molecule has 174 valence electrons. The summed E-state index contributed by atoms with van der Waals surface area (Å²) in [4.78, 5) is 5.88. The highest BCUT2D eigenvalue weighted by Gasteiger charge is 2.41. The number of ether oxygens (including phenoxy) is 1. The number of nitrogens with one attached hydrogen (secondary N) is 1. The fourth-order valence-electron chi connectivity index (χ4n) is 4.80. The van der Waals surface area contributed by atoms with Gasteiger partial charge in [0.05, 0.1) is 5.02 Å². The summed E-state index contributed by atoms with van der Waals surface area (Å²) in [5, 5.41) is 1.84. The lowest BCUT2D eigenvalue weighted by molar-refractivity contribution is 0.0444. The van der Waals surface area contributed by atoms with Crippen LogP contribution in [0.15, 0.2) is 58.9 Å². The minimum Gasteiger partial charge on any atom is -0.489 e. The van der Waals surface area contributed by atoms with Gasteiger partial charge >= 0.3 is 0 Å². The first-order chi connectivity index (χ1) is 15.9. The van der Waals surface area contributed by atoms with Crippen LogP contribution in [0, 0.1) is 5.82 Å². The lowest BCUT2D eigenvalue weighted by Gasteiger charge is -2.39. The maximum absolute atomic E-state index is 14.8. The monoisotopic (exact) mass is 507 g/mol. The van der Waals surface area contributed by atoms with Crippen molar-refractivity contribution in [3.8, 4) is 5.75 Å². The second-order valence-electron chi connectivity index (χ2n) is 8.41. The van der Waals surface area contributed by atoms with Gasteiger partial charge in [0.15, 0.2) is 5.13 Å². The number of piperidine rings is 1. The van der Waals surface area contributed by atoms with E-state index in [2.05, 4.69) is 38.9 Å². The van der Waals surface area contributed by atoms with Crippen LogP contribution in [0.1, 0.15) is 31.2 Å². The molecule has 0 amide bonds. The molecule has 0 spiro atoms. The Morgan fingerprint density at radius 1 is 1.18 bits per heavy atom. The van der Waals surface area contributed by atoms with Gasteiger partial charge in [-0.3, -0.25) is 9.62 Å². The smallest absolute Gasteiger partial charge is 0.266 e. The topological polar surface area (TPSA) is 71.5 Å². The Bertz CT molecular complexity index is 1210. The number of benzene rings is 2. The Morgan fingerprint density at radius 2 is 1.91 bits per heavy atom. The van der Waals surface area contributed by atoms with E-state index in [1.54, 1.807) is 5.38 Å². The Kier molecular flexibility index (Phi) is 6.30. The van der Waals surface area contributed by atoms with Crippen molar-refractivity contribution in [2.75, 3.05) is 4.72 Å². The number of aromatic nitrogens is 1. The van der Waals surface area contributed by atoms with Gasteiger partial charge in [-0.25, -0.2) is 17.8 Å². The van der Waals surface area contributed by atoms with Crippen LogP contribution in [-0.2, 0) is 16.6 Å². The molecule has 2 unspecified atom stereocenters. The first-order valence-corrected chi connectivity index (χ1v) is 13.5. The van der Waals surface area contributed by atoms with Crippen molar-refractivity contribution in [2.45, 2.75) is 55.3 Å². The van der Waals surface area contributed by atoms with Crippen molar-refractivity contribution in [3.05, 3.63) is 70.4 Å². The molecular formula is C23H23ClFN3O3S2. The van der Waals surface area contributed by atoms with Gasteiger partial charge in [-0.15, -0.1) is 11.3 Å². The van der Waals surface area contributed by atoms with E-state index in [1.807, 2.05) is 6.07 Å². The number of rotatable bonds is 7. The number of fused-ring (bicyclic) bond motifs is 2. The first kappa shape index (κ1) is 22.6. The van der Waals surface area contributed by atoms with E-state index < -0.39 is 20.7 Å². The van der Waals surface area contributed by atoms with E-state index in [4.69, 9.17) is 16.3 Å². The molecule has 0 aliphatic carbocycles. The second-order valence-corrected chi connectivity index (χ2v) is 11.4. The highest BCUT2D eigenvalue weighted by molar-refractivity contribution is 7.93. The molecular weight excluding hydrogens is 485 g/mol. The maximum atomic E-state index is 14.8. The van der Waals surface area contributed by atoms with Crippen LogP contribution in [0.4, 0.5) is 9.52 Å². The van der Waals surface area contributed by atoms with E-state index in [1.165, 1.54) is 11.8 Å². The highest BCUT2D eigenvalue weighted by Crippen LogP contribution is 2.40. The minimum absolute atomic E-state index is 0.0648. The third-order valence-electron chi connectivity index (χ3n) is 6.27. The van der Waals surface area contributed by atoms with Gasteiger partial charge in [-0.1, -0.05) is 41.9 Å². The zero-order valence-corrected chi connectivity index (χ0v) is 20.0. The van der Waals surface area contributed by atoms with Gasteiger partial charge in [0.25, 0.3) is 10.0 Å². The summed E-state index contributed by atoms with van der Waals surface area (Å²) in [6.45, 7) is 0.914. The Hall–Kier alpha value is -2.20. The largest absolute Gasteiger partial charge is 0.489 e. The van der Waals surface area contributed by atoms with Crippen LogP contribution in [-0.4, -0.2) is 36.5 Å². The van der Waals surface area contributed by atoms with Gasteiger partial charge in [0.1, 0.15) is 22.6 Å². The van der Waals surface area contributed by atoms with Crippen molar-refractivity contribution in [3.63, 3.8) is 0 Å². The van der Waals surface area contributed by atoms with E-state index in [9.17, 15) is 12.8 Å². The molecule has 3 atom stereocenters. The van der Waals surface area contributed by atoms with E-state index >= 15 is 0 Å². The number of hydrogen-bond donors (Lipinski definition) is 1. The van der Waals surface area contributed by atoms with Crippen molar-refractivity contribution in [2.24, 2.45) is 0 Å². The summed E-state index contributed by atoms with van der Waals surface area (Å²) in [6, 6.07) is 13.4. The van der Waals surface area contributed by atoms with Crippen LogP contribution in [0.2, 0.25) is 5.02 Å². The maximum Gasteiger partial charge on any atom is 0.266 e. The Labute approximate surface area is 201 Å². The average molecular weight is 508 g/mol. The van der Waals surface area contributed by atoms with Gasteiger partial charge < -0.3 is 4.74 Å². The normalized spacial score (nSPS) is 22.9. The summed E-state index contributed by atoms with van der Waals surface area (Å²) in [5.41, 5.74) is 1.29. The van der Waals surface area contributed by atoms with Crippen LogP contribution in [0.25, 0.3) is 0 Å². The molecule has 2 aliphatic heterocycles. The molecule has 33 heavy (non-hydrogen) atoms. The molecule has 0 radical (unpaired) electrons. The predicted octanol–water partition coefficient (Wildman–Crippen LogP) is 5.31. The van der Waals surface area contributed by atoms with Crippen molar-refractivity contribution < 1.29 is 17.5 Å². The molecule has 2 aromatic carbocycles. The zero-order chi connectivity index (χ0) is 23.0. The summed E-state index contributed by atoms with van der Waals surface area (Å²) in [6.07, 6.45) is 5.24. The molecule has 2 saturated heterocycles. The number of halogens is 2. The summed E-state index contributed by atoms with van der Waals surface area (Å²) >= 11 is 7.43. The molecule has 0 saturated carbocycles. The van der Waals surface area contributed by atoms with Crippen molar-refractivity contribution in [1.29, 1.82) is 0 Å². The van der Waals surface area contributed by atoms with E-state index in [0.717, 1.165) is 55.7 Å². The third kappa shape index (κ3) is 4.87. The van der Waals surface area contributed by atoms with Gasteiger partial charge in [0, 0.05) is 36.3 Å². The lowest BCUT2D eigenvalue weighted by Crippen LogP contribution is -2.45. The fraction of sp³-hybridized carbons (Fsp3) is 0.348. The molecule has 1 aromatic heterocycles. The third-order valence-corrected chi connectivity index (χ3v) is 8.74. The Morgan fingerprint density at radius 3 is 2.58 bits per heavy atom. The molecule has 10 heteroatoms. The second kappa shape index (κ2) is 9.21. The Balaban J connectivity index is 1.28. The zero-order valence-electron chi connectivity index (χ0n) is 17.7. The molecule has 2 bridgehead atoms. The van der Waals surface area contributed by atoms with Crippen LogP contribution < -0.4 is 9.46 Å². The quantitative estimate of drug-likeness (QED) is 0.469. The number of sulfonamides is 1. The van der Waals surface area contributed by atoms with Gasteiger partial charge in [-0.05, 0) is 37.3 Å². The lowest BCUT2D eigenvalue weighted by atomic mass is 9.98. The minimum atomic E-state index is -4.15. The van der Waals surface area contributed by atoms with Crippen molar-refractivity contribution >= 4 is 38.1 Å². The molecule has 2 fully saturated rings. The van der Waals surface area contributed by atoms with Crippen LogP contribution in [0.5, 0.6) is 5.75 Å². The van der Waals surface area contributed by atoms with Gasteiger partial charge in [-0.2, -0.15) is 0 Å². The first-order valence-electron chi connectivity index (χ1n) is 10.8.